The number of nitrogens with one attached hydrogen (secondary N) is 1. The minimum atomic E-state index is -0.464. The molecule has 0 radical (unpaired) electrons. The van der Waals surface area contributed by atoms with Crippen molar-refractivity contribution in [2.24, 2.45) is 5.92 Å². The van der Waals surface area contributed by atoms with E-state index in [1.807, 2.05) is 68.4 Å². The van der Waals surface area contributed by atoms with Gasteiger partial charge in [-0.15, -0.1) is 11.3 Å². The van der Waals surface area contributed by atoms with Gasteiger partial charge in [-0.2, -0.15) is 0 Å². The largest absolute Gasteiger partial charge is 0.372 e. The molecule has 0 bridgehead atoms. The Morgan fingerprint density at radius 1 is 1.17 bits per heavy atom. The number of hydrogen-bond donors (Lipinski definition) is 1. The van der Waals surface area contributed by atoms with Crippen LogP contribution in [0.4, 0.5) is 5.69 Å². The van der Waals surface area contributed by atoms with Crippen molar-refractivity contribution in [3.63, 3.8) is 0 Å². The van der Waals surface area contributed by atoms with Gasteiger partial charge in [-0.25, -0.2) is 4.98 Å². The van der Waals surface area contributed by atoms with Gasteiger partial charge in [0.25, 0.3) is 5.56 Å². The number of thiophene rings is 1. The second kappa shape index (κ2) is 10.2. The van der Waals surface area contributed by atoms with Gasteiger partial charge in [-0.05, 0) is 55.2 Å². The van der Waals surface area contributed by atoms with Crippen LogP contribution in [0.25, 0.3) is 15.9 Å². The zero-order chi connectivity index (χ0) is 25.4. The average Bonchev–Trinajstić information content (AvgIpc) is 3.22. The number of hydrogen-bond acceptors (Lipinski definition) is 6. The molecule has 0 aliphatic carbocycles. The van der Waals surface area contributed by atoms with E-state index in [2.05, 4.69) is 19.2 Å². The molecule has 6 nitrogen and oxygen atoms in total. The number of anilines is 1. The van der Waals surface area contributed by atoms with Crippen molar-refractivity contribution in [3.8, 4) is 5.69 Å². The maximum absolute atomic E-state index is 14.1. The molecule has 1 aliphatic rings. The van der Waals surface area contributed by atoms with Crippen LogP contribution in [0, 0.1) is 12.8 Å². The Balaban J connectivity index is 1.59. The number of aryl methyl sites for hydroxylation is 1. The van der Waals surface area contributed by atoms with E-state index < -0.39 is 5.25 Å². The summed E-state index contributed by atoms with van der Waals surface area (Å²) in [6.07, 6.45) is 0.790. The minimum absolute atomic E-state index is 0.0814. The van der Waals surface area contributed by atoms with E-state index in [1.165, 1.54) is 23.1 Å². The number of thioether (sulfide) groups is 1. The van der Waals surface area contributed by atoms with Crippen LogP contribution in [0.5, 0.6) is 0 Å². The Labute approximate surface area is 218 Å². The number of para-hydroxylation sites is 1. The maximum Gasteiger partial charge on any atom is 0.267 e. The molecule has 1 N–H and O–H groups in total. The summed E-state index contributed by atoms with van der Waals surface area (Å²) >= 11 is 2.82. The Kier molecular flexibility index (Phi) is 7.01. The van der Waals surface area contributed by atoms with Gasteiger partial charge in [0.15, 0.2) is 5.16 Å². The van der Waals surface area contributed by atoms with Crippen LogP contribution in [0.2, 0.25) is 0 Å². The fourth-order valence-corrected chi connectivity index (χ4v) is 6.48. The molecule has 3 heterocycles. The second-order valence-corrected chi connectivity index (χ2v) is 11.9. The number of aromatic nitrogens is 2. The monoisotopic (exact) mass is 519 g/mol. The van der Waals surface area contributed by atoms with E-state index >= 15 is 0 Å². The van der Waals surface area contributed by atoms with Gasteiger partial charge < -0.3 is 10.1 Å². The Bertz CT molecular complexity index is 1480. The van der Waals surface area contributed by atoms with Gasteiger partial charge in [0.2, 0.25) is 5.91 Å². The lowest BCUT2D eigenvalue weighted by Crippen LogP contribution is -2.29. The molecule has 2 aromatic heterocycles. The average molecular weight is 520 g/mol. The Morgan fingerprint density at radius 2 is 1.94 bits per heavy atom. The fourth-order valence-electron chi connectivity index (χ4n) is 4.39. The first kappa shape index (κ1) is 24.7. The summed E-state index contributed by atoms with van der Waals surface area (Å²) in [7, 11) is 0. The van der Waals surface area contributed by atoms with Crippen molar-refractivity contribution in [2.45, 2.75) is 57.2 Å². The van der Waals surface area contributed by atoms with Gasteiger partial charge in [-0.3, -0.25) is 14.2 Å². The first-order valence-electron chi connectivity index (χ1n) is 12.1. The Hall–Kier alpha value is -2.94. The summed E-state index contributed by atoms with van der Waals surface area (Å²) in [6, 6.07) is 17.2. The molecule has 36 heavy (non-hydrogen) atoms. The predicted octanol–water partition coefficient (Wildman–Crippen LogP) is 5.97. The lowest BCUT2D eigenvalue weighted by Gasteiger charge is -2.26. The zero-order valence-electron chi connectivity index (χ0n) is 20.8. The predicted molar refractivity (Wildman–Crippen MR) is 147 cm³/mol. The normalized spacial score (nSPS) is 16.2. The second-order valence-electron chi connectivity index (χ2n) is 9.47. The van der Waals surface area contributed by atoms with Crippen molar-refractivity contribution in [3.05, 3.63) is 81.0 Å². The zero-order valence-corrected chi connectivity index (χ0v) is 22.4. The van der Waals surface area contributed by atoms with Crippen molar-refractivity contribution < 1.29 is 9.53 Å². The van der Waals surface area contributed by atoms with Crippen molar-refractivity contribution in [1.29, 1.82) is 0 Å². The highest BCUT2D eigenvalue weighted by molar-refractivity contribution is 8.00. The lowest BCUT2D eigenvalue weighted by atomic mass is 9.96. The number of benzene rings is 2. The summed E-state index contributed by atoms with van der Waals surface area (Å²) in [5.41, 5.74) is 3.50. The van der Waals surface area contributed by atoms with Crippen LogP contribution in [-0.2, 0) is 22.6 Å². The highest BCUT2D eigenvalue weighted by atomic mass is 32.2. The highest BCUT2D eigenvalue weighted by Crippen LogP contribution is 2.37. The number of amides is 1. The third kappa shape index (κ3) is 4.85. The Morgan fingerprint density at radius 3 is 2.67 bits per heavy atom. The first-order chi connectivity index (χ1) is 17.3. The molecule has 5 rings (SSSR count). The van der Waals surface area contributed by atoms with E-state index in [0.717, 1.165) is 27.4 Å². The molecule has 2 aromatic carbocycles. The summed E-state index contributed by atoms with van der Waals surface area (Å²) < 4.78 is 7.73. The lowest BCUT2D eigenvalue weighted by molar-refractivity contribution is -0.115. The number of ether oxygens (including phenoxy) is 1. The molecule has 2 atom stereocenters. The molecule has 8 heteroatoms. The highest BCUT2D eigenvalue weighted by Gasteiger charge is 2.29. The van der Waals surface area contributed by atoms with Gasteiger partial charge in [0.05, 0.1) is 29.0 Å². The fraction of sp³-hybridized carbons (Fsp3) is 0.321. The van der Waals surface area contributed by atoms with Crippen molar-refractivity contribution >= 4 is 44.9 Å². The molecule has 4 aromatic rings. The van der Waals surface area contributed by atoms with Crippen LogP contribution in [0.3, 0.4) is 0 Å². The van der Waals surface area contributed by atoms with E-state index in [1.54, 1.807) is 4.57 Å². The number of nitrogens with zero attached hydrogens (tertiary/aromatic N) is 2. The third-order valence-electron chi connectivity index (χ3n) is 6.41. The van der Waals surface area contributed by atoms with Crippen LogP contribution in [0.15, 0.2) is 64.5 Å². The van der Waals surface area contributed by atoms with E-state index in [4.69, 9.17) is 9.72 Å². The SMILES string of the molecule is Cc1cccc(-n2c(S[C@@H](C)C(=O)Nc3ccccc3)nc3sc4c(c3c2=O)C[C@@H](C(C)C)OC4)c1. The topological polar surface area (TPSA) is 73.2 Å². The molecule has 0 fully saturated rings. The van der Waals surface area contributed by atoms with Gasteiger partial charge in [-0.1, -0.05) is 55.9 Å². The van der Waals surface area contributed by atoms with Gasteiger partial charge >= 0.3 is 0 Å². The molecule has 186 valence electrons. The molecule has 0 spiro atoms. The smallest absolute Gasteiger partial charge is 0.267 e. The minimum Gasteiger partial charge on any atom is -0.372 e. The molecular formula is C28H29N3O3S2. The number of carbonyl (C=O) groups is 1. The van der Waals surface area contributed by atoms with Crippen LogP contribution >= 0.6 is 23.1 Å². The molecule has 1 amide bonds. The molecule has 0 unspecified atom stereocenters. The maximum atomic E-state index is 14.1. The number of rotatable bonds is 6. The molecular weight excluding hydrogens is 490 g/mol. The van der Waals surface area contributed by atoms with Crippen molar-refractivity contribution in [1.82, 2.24) is 9.55 Å². The summed E-state index contributed by atoms with van der Waals surface area (Å²) in [5, 5.41) is 3.67. The summed E-state index contributed by atoms with van der Waals surface area (Å²) in [4.78, 5) is 33.8. The molecule has 0 saturated carbocycles. The third-order valence-corrected chi connectivity index (χ3v) is 8.56. The first-order valence-corrected chi connectivity index (χ1v) is 13.8. The number of carbonyl (C=O) groups excluding carboxylic acids is 1. The van der Waals surface area contributed by atoms with Gasteiger partial charge in [0, 0.05) is 17.0 Å². The van der Waals surface area contributed by atoms with Gasteiger partial charge in [0.1, 0.15) is 4.83 Å². The standard InChI is InChI=1S/C28H29N3O3S2/c1-16(2)22-14-21-23(15-34-22)36-26-24(21)27(33)31(20-12-8-9-17(3)13-20)28(30-26)35-18(4)25(32)29-19-10-6-5-7-11-19/h5-13,16,18,22H,14-15H2,1-4H3,(H,29,32)/t18-,22-/m0/s1. The van der Waals surface area contributed by atoms with E-state index in [9.17, 15) is 9.59 Å². The van der Waals surface area contributed by atoms with Crippen LogP contribution in [0.1, 0.15) is 36.8 Å². The summed E-state index contributed by atoms with van der Waals surface area (Å²) in [6.45, 7) is 8.62. The molecule has 0 saturated heterocycles. The van der Waals surface area contributed by atoms with E-state index in [-0.39, 0.29) is 17.6 Å². The summed E-state index contributed by atoms with van der Waals surface area (Å²) in [5.74, 6) is 0.217. The van der Waals surface area contributed by atoms with E-state index in [0.29, 0.717) is 34.3 Å². The van der Waals surface area contributed by atoms with Crippen molar-refractivity contribution in [2.75, 3.05) is 5.32 Å². The number of fused-ring (bicyclic) bond motifs is 3. The van der Waals surface area contributed by atoms with Crippen LogP contribution < -0.4 is 10.9 Å². The molecule has 1 aliphatic heterocycles. The quantitative estimate of drug-likeness (QED) is 0.251. The van der Waals surface area contributed by atoms with Crippen LogP contribution in [-0.4, -0.2) is 26.8 Å².